The maximum absolute atomic E-state index is 8.89. The molecule has 5 heterocycles. The van der Waals surface area contributed by atoms with Crippen molar-refractivity contribution in [3.8, 4) is 0 Å². The van der Waals surface area contributed by atoms with Gasteiger partial charge in [-0.2, -0.15) is 0 Å². The Kier molecular flexibility index (Phi) is 9.30. The van der Waals surface area contributed by atoms with Gasteiger partial charge in [-0.15, -0.1) is 22.1 Å². The molecule has 37 heavy (non-hydrogen) atoms. The van der Waals surface area contributed by atoms with Crippen LogP contribution in [0.4, 0.5) is 0 Å². The van der Waals surface area contributed by atoms with Crippen LogP contribution in [-0.4, -0.2) is 15.9 Å². The molecule has 0 fully saturated rings. The van der Waals surface area contributed by atoms with Crippen LogP contribution in [0.2, 0.25) is 0 Å². The third-order valence-corrected chi connectivity index (χ3v) is 6.45. The van der Waals surface area contributed by atoms with Gasteiger partial charge in [-0.3, -0.25) is 0 Å². The molecule has 0 atom stereocenters. The van der Waals surface area contributed by atoms with Crippen LogP contribution in [0.15, 0.2) is 24.3 Å². The summed E-state index contributed by atoms with van der Waals surface area (Å²) in [5.74, 6) is -1.08. The molecule has 0 saturated carbocycles. The molecule has 0 amide bonds. The van der Waals surface area contributed by atoms with E-state index in [1.165, 1.54) is 22.3 Å². The Balaban J connectivity index is 0.000000711. The molecule has 2 aliphatic rings. The Morgan fingerprint density at radius 2 is 0.892 bits per heavy atom. The molecule has 2 aliphatic heterocycles. The number of hydrogen-bond acceptors (Lipinski definition) is 4. The van der Waals surface area contributed by atoms with Gasteiger partial charge < -0.3 is 19.9 Å². The van der Waals surface area contributed by atoms with E-state index in [-0.39, 0.29) is 17.1 Å². The summed E-state index contributed by atoms with van der Waals surface area (Å²) in [5, 5.41) is 8.89. The summed E-state index contributed by atoms with van der Waals surface area (Å²) in [6.45, 7) is 9.65. The first-order valence-electron chi connectivity index (χ1n) is 12.6. The predicted molar refractivity (Wildman–Crippen MR) is 145 cm³/mol. The zero-order valence-corrected chi connectivity index (χ0v) is 23.1. The quantitative estimate of drug-likeness (QED) is 0.304. The third-order valence-electron chi connectivity index (χ3n) is 6.45. The Hall–Kier alpha value is -3.41. The number of fused-ring (bicyclic) bond motifs is 8. The topological polar surface area (TPSA) is 94.1 Å². The Morgan fingerprint density at radius 1 is 0.622 bits per heavy atom. The van der Waals surface area contributed by atoms with E-state index in [1.54, 1.807) is 0 Å². The molecule has 0 spiro atoms. The number of carboxylic acids is 1. The molecule has 0 radical (unpaired) electrons. The summed E-state index contributed by atoms with van der Waals surface area (Å²) in [5.41, 5.74) is 12.7. The molecule has 7 heteroatoms. The first-order valence-corrected chi connectivity index (χ1v) is 12.6. The first-order chi connectivity index (χ1) is 17.4. The second-order valence-electron chi connectivity index (χ2n) is 8.68. The van der Waals surface area contributed by atoms with Gasteiger partial charge >= 0.3 is 17.1 Å². The Labute approximate surface area is 228 Å². The number of aryl methyl sites for hydroxylation is 3. The van der Waals surface area contributed by atoms with Gasteiger partial charge in [-0.1, -0.05) is 57.5 Å². The van der Waals surface area contributed by atoms with Crippen LogP contribution in [0.5, 0.6) is 0 Å². The van der Waals surface area contributed by atoms with Crippen molar-refractivity contribution < 1.29 is 27.0 Å². The zero-order chi connectivity index (χ0) is 25.8. The summed E-state index contributed by atoms with van der Waals surface area (Å²) in [4.78, 5) is 29.0. The second kappa shape index (κ2) is 12.2. The fourth-order valence-corrected chi connectivity index (χ4v) is 4.77. The van der Waals surface area contributed by atoms with E-state index in [0.29, 0.717) is 0 Å². The maximum atomic E-state index is 8.89. The van der Waals surface area contributed by atoms with Gasteiger partial charge in [0.15, 0.2) is 0 Å². The van der Waals surface area contributed by atoms with E-state index in [9.17, 15) is 0 Å². The predicted octanol–water partition coefficient (Wildman–Crippen LogP) is 4.92. The summed E-state index contributed by atoms with van der Waals surface area (Å²) in [6, 6.07) is 8.50. The van der Waals surface area contributed by atoms with Gasteiger partial charge in [0, 0.05) is 11.5 Å². The second-order valence-corrected chi connectivity index (χ2v) is 8.68. The van der Waals surface area contributed by atoms with E-state index >= 15 is 0 Å². The number of aliphatic carboxylic acids is 1. The normalized spacial score (nSPS) is 11.6. The Morgan fingerprint density at radius 3 is 1.19 bits per heavy atom. The average Bonchev–Trinajstić information content (AvgIpc) is 3.65. The molecule has 0 unspecified atom stereocenters. The van der Waals surface area contributed by atoms with Crippen LogP contribution in [-0.2, 0) is 47.5 Å². The molecule has 0 N–H and O–H groups in total. The first kappa shape index (κ1) is 28.2. The van der Waals surface area contributed by atoms with Crippen molar-refractivity contribution in [1.82, 2.24) is 19.9 Å². The van der Waals surface area contributed by atoms with Crippen LogP contribution in [0.1, 0.15) is 79.6 Å². The minimum absolute atomic E-state index is 0. The van der Waals surface area contributed by atoms with Crippen LogP contribution in [0, 0.1) is 0 Å². The third kappa shape index (κ3) is 5.79. The summed E-state index contributed by atoms with van der Waals surface area (Å²) in [7, 11) is 0. The largest absolute Gasteiger partial charge is 3.00 e. The number of aromatic nitrogens is 4. The minimum atomic E-state index is -1.08. The zero-order valence-electron chi connectivity index (χ0n) is 21.9. The smallest absolute Gasteiger partial charge is 0.657 e. The van der Waals surface area contributed by atoms with Crippen molar-refractivity contribution in [3.05, 3.63) is 69.3 Å². The van der Waals surface area contributed by atoms with Crippen LogP contribution in [0.3, 0.4) is 0 Å². The van der Waals surface area contributed by atoms with E-state index in [0.717, 1.165) is 77.4 Å². The maximum Gasteiger partial charge on any atom is 3.00 e. The van der Waals surface area contributed by atoms with Crippen molar-refractivity contribution in [2.45, 2.75) is 60.3 Å². The van der Waals surface area contributed by atoms with E-state index < -0.39 is 5.97 Å². The summed E-state index contributed by atoms with van der Waals surface area (Å²) in [6.07, 6.45) is 12.0. The molecule has 190 valence electrons. The van der Waals surface area contributed by atoms with Gasteiger partial charge in [0.2, 0.25) is 0 Å². The fraction of sp³-hybridized carbons (Fsp3) is 0.300. The van der Waals surface area contributed by atoms with Crippen LogP contribution >= 0.6 is 0 Å². The molecule has 0 aromatic carbocycles. The van der Waals surface area contributed by atoms with E-state index in [1.807, 2.05) is 0 Å². The summed E-state index contributed by atoms with van der Waals surface area (Å²) < 4.78 is 0. The van der Waals surface area contributed by atoms with Crippen molar-refractivity contribution >= 4 is 52.3 Å². The minimum Gasteiger partial charge on any atom is -0.657 e. The van der Waals surface area contributed by atoms with Gasteiger partial charge in [-0.25, -0.2) is 9.97 Å². The average molecular weight is 535 g/mol. The molecule has 5 rings (SSSR count). The molecular formula is C30H31MnN4O2. The number of carbonyl (C=O) groups excluding carboxylic acids is 1. The number of carbonyl (C=O) groups is 1. The molecule has 8 bridgehead atoms. The number of hydrogen-bond donors (Lipinski definition) is 0. The van der Waals surface area contributed by atoms with Crippen molar-refractivity contribution in [3.63, 3.8) is 0 Å². The monoisotopic (exact) mass is 534 g/mol. The van der Waals surface area contributed by atoms with E-state index in [4.69, 9.17) is 29.8 Å². The van der Waals surface area contributed by atoms with Gasteiger partial charge in [0.1, 0.15) is 0 Å². The van der Waals surface area contributed by atoms with Gasteiger partial charge in [0.05, 0.1) is 22.8 Å². The molecule has 6 nitrogen and oxygen atoms in total. The fourth-order valence-electron chi connectivity index (χ4n) is 4.77. The van der Waals surface area contributed by atoms with Crippen molar-refractivity contribution in [2.24, 2.45) is 0 Å². The number of nitrogens with zero attached hydrogens (tertiary/aromatic N) is 4. The number of rotatable bonds is 4. The molecule has 0 saturated heterocycles. The Bertz CT molecular complexity index is 1420. The number of carboxylic acid groups (broad SMARTS) is 1. The van der Waals surface area contributed by atoms with Gasteiger partial charge in [0.25, 0.3) is 0 Å². The van der Waals surface area contributed by atoms with Crippen LogP contribution in [0.25, 0.3) is 46.4 Å². The molecular weight excluding hydrogens is 503 g/mol. The SMILES string of the molecule is CC(=O)[O-].CCc1c2nc(c(CC)c3ccc([n-]3)c(CC)c3ccc([n-]3)c(CC)c3nc1C=C3)C=C2.[Mn+3]. The van der Waals surface area contributed by atoms with Crippen LogP contribution < -0.4 is 15.1 Å². The van der Waals surface area contributed by atoms with Crippen molar-refractivity contribution in [1.29, 1.82) is 0 Å². The van der Waals surface area contributed by atoms with E-state index in [2.05, 4.69) is 76.3 Å². The molecule has 3 aromatic rings. The summed E-state index contributed by atoms with van der Waals surface area (Å²) >= 11 is 0. The molecule has 3 aromatic heterocycles. The van der Waals surface area contributed by atoms with Crippen molar-refractivity contribution in [2.75, 3.05) is 0 Å². The standard InChI is InChI=1S/C28H28N4.C2H4O2.Mn/c1-5-17-21-9-11-23(29-21)18(6-2)25-13-15-27(31-25)20(8-4)28-16-14-26(32-28)19(7-3)24-12-10-22(17)30-24;1-2(3)4;/h9-16H,5-8H2,1-4H3;1H3,(H,3,4);/q-2;;+3/p-1. The van der Waals surface area contributed by atoms with Gasteiger partial charge in [-0.05, 0) is 68.0 Å². The molecule has 0 aliphatic carbocycles.